The van der Waals surface area contributed by atoms with Gasteiger partial charge in [-0.1, -0.05) is 37.1 Å². The lowest BCUT2D eigenvalue weighted by Crippen LogP contribution is -2.59. The Bertz CT molecular complexity index is 1250. The van der Waals surface area contributed by atoms with Crippen LogP contribution >= 0.6 is 0 Å². The number of benzene rings is 2. The molecule has 5 nitrogen and oxygen atoms in total. The van der Waals surface area contributed by atoms with E-state index in [9.17, 15) is 8.42 Å². The van der Waals surface area contributed by atoms with Crippen LogP contribution < -0.4 is 10.2 Å². The molecule has 0 bridgehead atoms. The standard InChI is InChI=1S/C31H39N3O2S/c1-2-37(35,36)29-13-11-28(12-14-29)34-22-24(23-34)21-33-19-16-27(17-20-33)31(26-8-4-5-9-26)30-10-6-3-7-25(30)15-18-32-31/h1,3,6-7,10-14,24,26-27,32H,4-5,8-9,15-23H2/t31-/m1/s1. The number of hydrogen-bond acceptors (Lipinski definition) is 5. The molecule has 0 aromatic heterocycles. The summed E-state index contributed by atoms with van der Waals surface area (Å²) in [5, 5.41) is 6.03. The van der Waals surface area contributed by atoms with Crippen molar-refractivity contribution in [3.05, 3.63) is 59.7 Å². The fourth-order valence-corrected chi connectivity index (χ4v) is 8.45. The fourth-order valence-electron chi connectivity index (χ4n) is 7.82. The van der Waals surface area contributed by atoms with Gasteiger partial charge >= 0.3 is 0 Å². The summed E-state index contributed by atoms with van der Waals surface area (Å²) in [6.07, 6.45) is 14.4. The second-order valence-corrected chi connectivity index (χ2v) is 13.4. The molecule has 0 radical (unpaired) electrons. The quantitative estimate of drug-likeness (QED) is 0.454. The fraction of sp³-hybridized carbons (Fsp3) is 0.548. The molecule has 3 aliphatic heterocycles. The monoisotopic (exact) mass is 517 g/mol. The van der Waals surface area contributed by atoms with E-state index in [0.29, 0.717) is 11.8 Å². The van der Waals surface area contributed by atoms with Crippen LogP contribution in [0.2, 0.25) is 0 Å². The Kier molecular flexibility index (Phi) is 6.81. The van der Waals surface area contributed by atoms with Gasteiger partial charge in [0.05, 0.1) is 4.90 Å². The van der Waals surface area contributed by atoms with Crippen molar-refractivity contribution in [1.29, 1.82) is 0 Å². The summed E-state index contributed by atoms with van der Waals surface area (Å²) >= 11 is 0. The minimum absolute atomic E-state index is 0.170. The Morgan fingerprint density at radius 3 is 2.32 bits per heavy atom. The Labute approximate surface area is 222 Å². The summed E-state index contributed by atoms with van der Waals surface area (Å²) in [6, 6.07) is 16.3. The van der Waals surface area contributed by atoms with Gasteiger partial charge in [0.15, 0.2) is 0 Å². The summed E-state index contributed by atoms with van der Waals surface area (Å²) < 4.78 is 23.7. The van der Waals surface area contributed by atoms with E-state index in [1.807, 2.05) is 17.4 Å². The Hall–Kier alpha value is -2.33. The number of sulfone groups is 1. The van der Waals surface area contributed by atoms with Gasteiger partial charge in [0.2, 0.25) is 9.84 Å². The van der Waals surface area contributed by atoms with Gasteiger partial charge in [-0.25, -0.2) is 8.42 Å². The molecule has 1 saturated carbocycles. The topological polar surface area (TPSA) is 52.7 Å². The van der Waals surface area contributed by atoms with Gasteiger partial charge in [0, 0.05) is 48.6 Å². The summed E-state index contributed by atoms with van der Waals surface area (Å²) in [5.74, 6) is 2.15. The lowest BCUT2D eigenvalue weighted by molar-refractivity contribution is 0.0492. The van der Waals surface area contributed by atoms with Gasteiger partial charge in [0.25, 0.3) is 0 Å². The van der Waals surface area contributed by atoms with E-state index in [4.69, 9.17) is 6.42 Å². The van der Waals surface area contributed by atoms with Gasteiger partial charge in [-0.2, -0.15) is 0 Å². The lowest BCUT2D eigenvalue weighted by atomic mass is 9.63. The van der Waals surface area contributed by atoms with Crippen LogP contribution in [-0.4, -0.2) is 52.6 Å². The average Bonchev–Trinajstić information content (AvgIpc) is 3.46. The predicted molar refractivity (Wildman–Crippen MR) is 149 cm³/mol. The Balaban J connectivity index is 1.06. The van der Waals surface area contributed by atoms with E-state index >= 15 is 0 Å². The SMILES string of the molecule is C#CS(=O)(=O)c1ccc(N2CC(CN3CCC([C@@]4(C5CCCC5)NCCc5ccccc54)CC3)C2)cc1. The maximum Gasteiger partial charge on any atom is 0.244 e. The molecule has 196 valence electrons. The molecule has 1 atom stereocenters. The van der Waals surface area contributed by atoms with E-state index in [2.05, 4.69) is 39.4 Å². The summed E-state index contributed by atoms with van der Waals surface area (Å²) in [4.78, 5) is 5.23. The third-order valence-corrected chi connectivity index (χ3v) is 10.8. The zero-order valence-corrected chi connectivity index (χ0v) is 22.6. The number of nitrogens with zero attached hydrogens (tertiary/aromatic N) is 2. The minimum Gasteiger partial charge on any atom is -0.371 e. The number of likely N-dealkylation sites (tertiary alicyclic amines) is 1. The molecule has 4 aliphatic rings. The maximum atomic E-state index is 11.9. The van der Waals surface area contributed by atoms with Crippen LogP contribution in [0.3, 0.4) is 0 Å². The van der Waals surface area contributed by atoms with Crippen LogP contribution in [-0.2, 0) is 21.8 Å². The third-order valence-electron chi connectivity index (χ3n) is 9.65. The molecule has 1 N–H and O–H groups in total. The van der Waals surface area contributed by atoms with E-state index in [1.165, 1.54) is 51.6 Å². The van der Waals surface area contributed by atoms with Crippen molar-refractivity contribution >= 4 is 15.5 Å². The third kappa shape index (κ3) is 4.60. The van der Waals surface area contributed by atoms with Crippen LogP contribution in [0.15, 0.2) is 53.4 Å². The number of piperidine rings is 1. The zero-order valence-electron chi connectivity index (χ0n) is 21.7. The normalized spacial score (nSPS) is 26.0. The molecule has 0 unspecified atom stereocenters. The number of anilines is 1. The lowest BCUT2D eigenvalue weighted by Gasteiger charge is -2.53. The number of rotatable bonds is 6. The molecule has 1 aliphatic carbocycles. The summed E-state index contributed by atoms with van der Waals surface area (Å²) in [7, 11) is -3.60. The molecule has 3 heterocycles. The predicted octanol–water partition coefficient (Wildman–Crippen LogP) is 4.43. The summed E-state index contributed by atoms with van der Waals surface area (Å²) in [5.41, 5.74) is 4.44. The molecule has 6 heteroatoms. The highest BCUT2D eigenvalue weighted by atomic mass is 32.2. The molecule has 2 aromatic rings. The average molecular weight is 518 g/mol. The van der Waals surface area contributed by atoms with Crippen molar-refractivity contribution in [3.63, 3.8) is 0 Å². The van der Waals surface area contributed by atoms with Crippen LogP contribution in [0.4, 0.5) is 5.69 Å². The molecule has 0 spiro atoms. The van der Waals surface area contributed by atoms with Crippen molar-refractivity contribution in [2.75, 3.05) is 44.2 Å². The second kappa shape index (κ2) is 10.1. The molecule has 37 heavy (non-hydrogen) atoms. The Morgan fingerprint density at radius 1 is 0.946 bits per heavy atom. The molecule has 2 saturated heterocycles. The largest absolute Gasteiger partial charge is 0.371 e. The number of hydrogen-bond donors (Lipinski definition) is 1. The first kappa shape index (κ1) is 25.0. The van der Waals surface area contributed by atoms with Crippen LogP contribution in [0, 0.1) is 29.4 Å². The number of fused-ring (bicyclic) bond motifs is 1. The highest BCUT2D eigenvalue weighted by Gasteiger charge is 2.50. The van der Waals surface area contributed by atoms with Gasteiger partial charge in [-0.3, -0.25) is 0 Å². The van der Waals surface area contributed by atoms with Gasteiger partial charge in [-0.15, -0.1) is 6.42 Å². The van der Waals surface area contributed by atoms with Crippen LogP contribution in [0.5, 0.6) is 0 Å². The summed E-state index contributed by atoms with van der Waals surface area (Å²) in [6.45, 7) is 6.72. The van der Waals surface area contributed by atoms with Crippen molar-refractivity contribution < 1.29 is 8.42 Å². The minimum atomic E-state index is -3.60. The van der Waals surface area contributed by atoms with Crippen molar-refractivity contribution in [1.82, 2.24) is 10.2 Å². The second-order valence-electron chi connectivity index (χ2n) is 11.6. The first-order valence-corrected chi connectivity index (χ1v) is 15.6. The van der Waals surface area contributed by atoms with E-state index in [0.717, 1.165) is 44.2 Å². The molecule has 0 amide bonds. The Morgan fingerprint density at radius 2 is 1.62 bits per heavy atom. The first-order chi connectivity index (χ1) is 18.0. The van der Waals surface area contributed by atoms with Gasteiger partial charge in [-0.05, 0) is 92.4 Å². The van der Waals surface area contributed by atoms with Crippen LogP contribution in [0.1, 0.15) is 49.7 Å². The van der Waals surface area contributed by atoms with E-state index in [1.54, 1.807) is 23.3 Å². The molecule has 6 rings (SSSR count). The molecular weight excluding hydrogens is 478 g/mol. The smallest absolute Gasteiger partial charge is 0.244 e. The molecule has 2 aromatic carbocycles. The number of nitrogens with one attached hydrogen (secondary N) is 1. The van der Waals surface area contributed by atoms with Crippen molar-refractivity contribution in [2.45, 2.75) is 55.4 Å². The highest BCUT2D eigenvalue weighted by molar-refractivity contribution is 7.96. The maximum absolute atomic E-state index is 11.9. The van der Waals surface area contributed by atoms with Gasteiger partial charge in [0.1, 0.15) is 0 Å². The molecular formula is C31H39N3O2S. The van der Waals surface area contributed by atoms with Crippen molar-refractivity contribution in [3.8, 4) is 11.7 Å². The first-order valence-electron chi connectivity index (χ1n) is 14.1. The number of terminal acetylenes is 1. The van der Waals surface area contributed by atoms with Crippen molar-refractivity contribution in [2.24, 2.45) is 17.8 Å². The highest BCUT2D eigenvalue weighted by Crippen LogP contribution is 2.50. The molecule has 3 fully saturated rings. The zero-order chi connectivity index (χ0) is 25.5. The van der Waals surface area contributed by atoms with E-state index < -0.39 is 9.84 Å². The van der Waals surface area contributed by atoms with Gasteiger partial charge < -0.3 is 15.1 Å². The van der Waals surface area contributed by atoms with E-state index in [-0.39, 0.29) is 10.4 Å². The van der Waals surface area contributed by atoms with Crippen LogP contribution in [0.25, 0.3) is 0 Å².